The Hall–Kier alpha value is -4.52. The first kappa shape index (κ1) is 28.0. The fraction of sp³-hybridized carbons (Fsp3) is 0.294. The predicted molar refractivity (Wildman–Crippen MR) is 159 cm³/mol. The Balaban J connectivity index is 1.55. The zero-order chi connectivity index (χ0) is 29.1. The van der Waals surface area contributed by atoms with Gasteiger partial charge in [-0.1, -0.05) is 62.4 Å². The highest BCUT2D eigenvalue weighted by atomic mass is 16.5. The van der Waals surface area contributed by atoms with Crippen LogP contribution in [0.25, 0.3) is 0 Å². The molecule has 212 valence electrons. The highest BCUT2D eigenvalue weighted by molar-refractivity contribution is 6.10. The van der Waals surface area contributed by atoms with Gasteiger partial charge in [-0.25, -0.2) is 0 Å². The lowest BCUT2D eigenvalue weighted by Gasteiger charge is -2.39. The molecule has 0 radical (unpaired) electrons. The van der Waals surface area contributed by atoms with E-state index in [9.17, 15) is 9.59 Å². The lowest BCUT2D eigenvalue weighted by molar-refractivity contribution is -0.118. The molecule has 1 aliphatic heterocycles. The summed E-state index contributed by atoms with van der Waals surface area (Å²) in [5, 5.41) is 6.43. The molecular weight excluding hydrogens is 516 g/mol. The van der Waals surface area contributed by atoms with E-state index in [1.165, 1.54) is 0 Å². The van der Waals surface area contributed by atoms with E-state index in [4.69, 9.17) is 14.2 Å². The summed E-state index contributed by atoms with van der Waals surface area (Å²) in [5.74, 6) is 0.812. The quantitative estimate of drug-likeness (QED) is 0.331. The highest BCUT2D eigenvalue weighted by Crippen LogP contribution is 2.48. The number of carbonyl (C=O) groups is 2. The second-order valence-corrected chi connectivity index (χ2v) is 11.3. The number of methoxy groups -OCH3 is 2. The summed E-state index contributed by atoms with van der Waals surface area (Å²) in [4.78, 5) is 27.7. The third-order valence-corrected chi connectivity index (χ3v) is 7.60. The molecule has 1 atom stereocenters. The van der Waals surface area contributed by atoms with Crippen molar-refractivity contribution >= 4 is 17.4 Å². The molecule has 1 aliphatic carbocycles. The molecule has 1 amide bonds. The summed E-state index contributed by atoms with van der Waals surface area (Å²) < 4.78 is 17.3. The van der Waals surface area contributed by atoms with Crippen molar-refractivity contribution in [3.05, 3.63) is 106 Å². The number of benzene rings is 3. The summed E-state index contributed by atoms with van der Waals surface area (Å²) in [6, 6.07) is 22.8. The Morgan fingerprint density at radius 2 is 1.63 bits per heavy atom. The number of nitrogens with one attached hydrogen (secondary N) is 2. The van der Waals surface area contributed by atoms with Gasteiger partial charge in [-0.2, -0.15) is 0 Å². The molecule has 2 aliphatic rings. The maximum atomic E-state index is 14.0. The van der Waals surface area contributed by atoms with Gasteiger partial charge < -0.3 is 24.8 Å². The summed E-state index contributed by atoms with van der Waals surface area (Å²) in [7, 11) is 3.15. The van der Waals surface area contributed by atoms with Gasteiger partial charge in [0.25, 0.3) is 5.91 Å². The van der Waals surface area contributed by atoms with Crippen molar-refractivity contribution in [3.8, 4) is 17.2 Å². The van der Waals surface area contributed by atoms with Gasteiger partial charge in [-0.05, 0) is 54.2 Å². The van der Waals surface area contributed by atoms with Crippen molar-refractivity contribution in [2.24, 2.45) is 5.41 Å². The molecule has 2 N–H and O–H groups in total. The molecule has 3 aromatic carbocycles. The zero-order valence-electron chi connectivity index (χ0n) is 24.2. The summed E-state index contributed by atoms with van der Waals surface area (Å²) in [6.45, 7) is 6.46. The van der Waals surface area contributed by atoms with E-state index in [0.29, 0.717) is 59.2 Å². The minimum Gasteiger partial charge on any atom is -0.495 e. The first-order chi connectivity index (χ1) is 19.7. The third kappa shape index (κ3) is 5.85. The number of para-hydroxylation sites is 2. The van der Waals surface area contributed by atoms with Crippen molar-refractivity contribution < 1.29 is 23.8 Å². The van der Waals surface area contributed by atoms with E-state index in [1.807, 2.05) is 67.6 Å². The zero-order valence-corrected chi connectivity index (χ0v) is 24.2. The van der Waals surface area contributed by atoms with Gasteiger partial charge in [0.05, 0.1) is 19.9 Å². The van der Waals surface area contributed by atoms with Gasteiger partial charge in [-0.15, -0.1) is 0 Å². The van der Waals surface area contributed by atoms with Crippen LogP contribution in [0.15, 0.2) is 95.3 Å². The average Bonchev–Trinajstić information content (AvgIpc) is 2.95. The number of ketones is 1. The Labute approximate surface area is 241 Å². The standard InChI is InChI=1S/C34H36N2O5/c1-21-30(33(38)36-24-13-9-10-14-27(24)39-4)31(32-25(35-21)18-34(2,3)19-26(32)37)23-15-16-28(29(17-23)40-5)41-20-22-11-7-6-8-12-22/h6-17,31,35H,18-20H2,1-5H3,(H,36,38)/t31-/m0/s1. The second kappa shape index (κ2) is 11.5. The molecule has 1 heterocycles. The average molecular weight is 553 g/mol. The van der Waals surface area contributed by atoms with Crippen LogP contribution < -0.4 is 24.8 Å². The Morgan fingerprint density at radius 1 is 0.927 bits per heavy atom. The van der Waals surface area contributed by atoms with Crippen LogP contribution in [0, 0.1) is 5.41 Å². The van der Waals surface area contributed by atoms with E-state index < -0.39 is 5.92 Å². The second-order valence-electron chi connectivity index (χ2n) is 11.3. The Bertz CT molecular complexity index is 1540. The van der Waals surface area contributed by atoms with Gasteiger partial charge in [0.15, 0.2) is 17.3 Å². The Kier molecular flexibility index (Phi) is 7.88. The van der Waals surface area contributed by atoms with Crippen LogP contribution in [-0.4, -0.2) is 25.9 Å². The highest BCUT2D eigenvalue weighted by Gasteiger charge is 2.43. The van der Waals surface area contributed by atoms with E-state index >= 15 is 0 Å². The molecule has 7 heteroatoms. The lowest BCUT2D eigenvalue weighted by atomic mass is 9.68. The van der Waals surface area contributed by atoms with Crippen molar-refractivity contribution in [2.45, 2.75) is 46.1 Å². The van der Waals surface area contributed by atoms with E-state index in [-0.39, 0.29) is 17.1 Å². The van der Waals surface area contributed by atoms with Crippen LogP contribution in [0.5, 0.6) is 17.2 Å². The monoisotopic (exact) mass is 552 g/mol. The molecule has 0 unspecified atom stereocenters. The largest absolute Gasteiger partial charge is 0.495 e. The SMILES string of the molecule is COc1ccccc1NC(=O)C1=C(C)NC2=C(C(=O)CC(C)(C)C2)[C@H]1c1ccc(OCc2ccccc2)c(OC)c1. The number of anilines is 1. The van der Waals surface area contributed by atoms with E-state index in [1.54, 1.807) is 26.4 Å². The minimum absolute atomic E-state index is 0.0345. The molecular formula is C34H36N2O5. The number of amides is 1. The summed E-state index contributed by atoms with van der Waals surface area (Å²) in [5.41, 5.74) is 4.86. The maximum Gasteiger partial charge on any atom is 0.254 e. The number of allylic oxidation sites excluding steroid dienone is 3. The summed E-state index contributed by atoms with van der Waals surface area (Å²) in [6.07, 6.45) is 1.11. The fourth-order valence-electron chi connectivity index (χ4n) is 5.73. The van der Waals surface area contributed by atoms with Gasteiger partial charge in [-0.3, -0.25) is 9.59 Å². The predicted octanol–water partition coefficient (Wildman–Crippen LogP) is 6.53. The van der Waals surface area contributed by atoms with Crippen LogP contribution in [-0.2, 0) is 16.2 Å². The van der Waals surface area contributed by atoms with Crippen molar-refractivity contribution in [1.29, 1.82) is 0 Å². The number of ether oxygens (including phenoxy) is 3. The number of carbonyl (C=O) groups excluding carboxylic acids is 2. The van der Waals surface area contributed by atoms with Crippen LogP contribution in [0.2, 0.25) is 0 Å². The number of Topliss-reactive ketones (excluding diaryl/α,β-unsaturated/α-hetero) is 1. The topological polar surface area (TPSA) is 85.9 Å². The first-order valence-electron chi connectivity index (χ1n) is 13.7. The van der Waals surface area contributed by atoms with E-state index in [0.717, 1.165) is 16.8 Å². The van der Waals surface area contributed by atoms with Crippen molar-refractivity contribution in [1.82, 2.24) is 5.32 Å². The molecule has 0 bridgehead atoms. The van der Waals surface area contributed by atoms with Crippen molar-refractivity contribution in [2.75, 3.05) is 19.5 Å². The van der Waals surface area contributed by atoms with Gasteiger partial charge in [0.1, 0.15) is 12.4 Å². The molecule has 0 saturated heterocycles. The Morgan fingerprint density at radius 3 is 2.37 bits per heavy atom. The summed E-state index contributed by atoms with van der Waals surface area (Å²) >= 11 is 0. The minimum atomic E-state index is -0.582. The molecule has 0 aromatic heterocycles. The van der Waals surface area contributed by atoms with Crippen LogP contribution in [0.3, 0.4) is 0 Å². The first-order valence-corrected chi connectivity index (χ1v) is 13.7. The fourth-order valence-corrected chi connectivity index (χ4v) is 5.73. The van der Waals surface area contributed by atoms with Gasteiger partial charge >= 0.3 is 0 Å². The number of hydrogen-bond acceptors (Lipinski definition) is 6. The normalized spacial score (nSPS) is 17.9. The number of rotatable bonds is 8. The van der Waals surface area contributed by atoms with Crippen LogP contribution in [0.1, 0.15) is 50.7 Å². The van der Waals surface area contributed by atoms with Gasteiger partial charge in [0.2, 0.25) is 0 Å². The van der Waals surface area contributed by atoms with Crippen LogP contribution >= 0.6 is 0 Å². The van der Waals surface area contributed by atoms with Crippen LogP contribution in [0.4, 0.5) is 5.69 Å². The lowest BCUT2D eigenvalue weighted by Crippen LogP contribution is -2.39. The smallest absolute Gasteiger partial charge is 0.254 e. The third-order valence-electron chi connectivity index (χ3n) is 7.60. The van der Waals surface area contributed by atoms with Crippen molar-refractivity contribution in [3.63, 3.8) is 0 Å². The molecule has 7 nitrogen and oxygen atoms in total. The molecule has 0 spiro atoms. The number of dihydropyridines is 1. The molecule has 41 heavy (non-hydrogen) atoms. The molecule has 5 rings (SSSR count). The molecule has 3 aromatic rings. The van der Waals surface area contributed by atoms with Gasteiger partial charge in [0, 0.05) is 34.9 Å². The maximum absolute atomic E-state index is 14.0. The molecule has 0 fully saturated rings. The molecule has 0 saturated carbocycles. The number of hydrogen-bond donors (Lipinski definition) is 2. The van der Waals surface area contributed by atoms with E-state index in [2.05, 4.69) is 24.5 Å².